The van der Waals surface area contributed by atoms with Crippen LogP contribution < -0.4 is 0 Å². The minimum atomic E-state index is -0.940. The van der Waals surface area contributed by atoms with Crippen molar-refractivity contribution in [1.82, 2.24) is 4.90 Å². The van der Waals surface area contributed by atoms with Gasteiger partial charge in [0.05, 0.1) is 6.10 Å². The fourth-order valence-electron chi connectivity index (χ4n) is 2.03. The Balaban J connectivity index is 2.26. The van der Waals surface area contributed by atoms with Gasteiger partial charge in [0.15, 0.2) is 0 Å². The van der Waals surface area contributed by atoms with E-state index in [0.717, 1.165) is 19.3 Å². The van der Waals surface area contributed by atoms with Crippen molar-refractivity contribution in [1.29, 1.82) is 0 Å². The average Bonchev–Trinajstić information content (AvgIpc) is 2.36. The zero-order valence-corrected chi connectivity index (χ0v) is 11.2. The van der Waals surface area contributed by atoms with E-state index in [9.17, 15) is 9.59 Å². The van der Waals surface area contributed by atoms with Gasteiger partial charge >= 0.3 is 5.97 Å². The smallest absolute Gasteiger partial charge is 0.329 e. The zero-order chi connectivity index (χ0) is 13.5. The largest absolute Gasteiger partial charge is 0.480 e. The molecule has 0 bridgehead atoms. The molecule has 1 N–H and O–H groups in total. The second-order valence-corrected chi connectivity index (χ2v) is 5.00. The molecule has 0 saturated carbocycles. The van der Waals surface area contributed by atoms with E-state index in [1.807, 2.05) is 4.90 Å². The lowest BCUT2D eigenvalue weighted by Crippen LogP contribution is -2.41. The van der Waals surface area contributed by atoms with E-state index in [0.29, 0.717) is 25.4 Å². The number of hydrogen-bond donors (Lipinski definition) is 1. The number of carboxylic acids is 1. The van der Waals surface area contributed by atoms with E-state index in [2.05, 4.69) is 13.8 Å². The number of carboxylic acid groups (broad SMARTS) is 1. The molecular weight excluding hydrogens is 234 g/mol. The van der Waals surface area contributed by atoms with Gasteiger partial charge in [-0.05, 0) is 18.8 Å². The molecule has 1 fully saturated rings. The molecule has 0 spiro atoms. The number of piperidine rings is 1. The SMILES string of the molecule is CCC(C)CC(=O)N1CCC(OCC(=O)O)CC1. The van der Waals surface area contributed by atoms with Crippen molar-refractivity contribution in [2.45, 2.75) is 45.6 Å². The minimum Gasteiger partial charge on any atom is -0.480 e. The van der Waals surface area contributed by atoms with Gasteiger partial charge in [-0.2, -0.15) is 0 Å². The Morgan fingerprint density at radius 3 is 2.50 bits per heavy atom. The third-order valence-corrected chi connectivity index (χ3v) is 3.46. The van der Waals surface area contributed by atoms with Crippen LogP contribution in [0.3, 0.4) is 0 Å². The summed E-state index contributed by atoms with van der Waals surface area (Å²) >= 11 is 0. The molecule has 1 atom stereocenters. The first-order valence-corrected chi connectivity index (χ1v) is 6.64. The van der Waals surface area contributed by atoms with Crippen LogP contribution in [0.2, 0.25) is 0 Å². The van der Waals surface area contributed by atoms with Crippen LogP contribution >= 0.6 is 0 Å². The summed E-state index contributed by atoms with van der Waals surface area (Å²) in [6.45, 7) is 5.29. The lowest BCUT2D eigenvalue weighted by molar-refractivity contribution is -0.147. The lowest BCUT2D eigenvalue weighted by Gasteiger charge is -2.32. The van der Waals surface area contributed by atoms with E-state index in [-0.39, 0.29) is 18.6 Å². The fraction of sp³-hybridized carbons (Fsp3) is 0.846. The molecule has 5 nitrogen and oxygen atoms in total. The van der Waals surface area contributed by atoms with E-state index in [1.165, 1.54) is 0 Å². The molecule has 0 aromatic carbocycles. The molecule has 0 aromatic heterocycles. The van der Waals surface area contributed by atoms with E-state index in [1.54, 1.807) is 0 Å². The Morgan fingerprint density at radius 1 is 1.39 bits per heavy atom. The van der Waals surface area contributed by atoms with Crippen molar-refractivity contribution in [3.05, 3.63) is 0 Å². The van der Waals surface area contributed by atoms with Gasteiger partial charge < -0.3 is 14.7 Å². The minimum absolute atomic E-state index is 0.0197. The first-order chi connectivity index (χ1) is 8.52. The third kappa shape index (κ3) is 5.04. The van der Waals surface area contributed by atoms with Gasteiger partial charge in [0.1, 0.15) is 6.61 Å². The summed E-state index contributed by atoms with van der Waals surface area (Å²) in [6, 6.07) is 0. The summed E-state index contributed by atoms with van der Waals surface area (Å²) in [5, 5.41) is 8.52. The Labute approximate surface area is 108 Å². The van der Waals surface area contributed by atoms with Gasteiger partial charge in [-0.25, -0.2) is 4.79 Å². The highest BCUT2D eigenvalue weighted by atomic mass is 16.5. The van der Waals surface area contributed by atoms with Crippen LogP contribution in [0.1, 0.15) is 39.5 Å². The van der Waals surface area contributed by atoms with Gasteiger partial charge in [0, 0.05) is 19.5 Å². The fourth-order valence-corrected chi connectivity index (χ4v) is 2.03. The van der Waals surface area contributed by atoms with Gasteiger partial charge in [-0.15, -0.1) is 0 Å². The molecule has 1 saturated heterocycles. The molecule has 1 amide bonds. The van der Waals surface area contributed by atoms with Crippen LogP contribution in [0.4, 0.5) is 0 Å². The molecular formula is C13H23NO4. The normalized spacial score (nSPS) is 18.7. The number of carbonyl (C=O) groups excluding carboxylic acids is 1. The second kappa shape index (κ2) is 7.36. The summed E-state index contributed by atoms with van der Waals surface area (Å²) in [5.74, 6) is -0.301. The monoisotopic (exact) mass is 257 g/mol. The van der Waals surface area contributed by atoms with Gasteiger partial charge in [0.2, 0.25) is 5.91 Å². The molecule has 0 aromatic rings. The van der Waals surface area contributed by atoms with Crippen LogP contribution in [0.25, 0.3) is 0 Å². The van der Waals surface area contributed by atoms with E-state index in [4.69, 9.17) is 9.84 Å². The predicted molar refractivity (Wildman–Crippen MR) is 67.3 cm³/mol. The van der Waals surface area contributed by atoms with Crippen LogP contribution in [0, 0.1) is 5.92 Å². The van der Waals surface area contributed by atoms with Gasteiger partial charge in [0.25, 0.3) is 0 Å². The lowest BCUT2D eigenvalue weighted by atomic mass is 10.0. The Bertz CT molecular complexity index is 285. The Morgan fingerprint density at radius 2 is 2.00 bits per heavy atom. The highest BCUT2D eigenvalue weighted by Crippen LogP contribution is 2.16. The molecule has 1 heterocycles. The van der Waals surface area contributed by atoms with Crippen LogP contribution in [0.15, 0.2) is 0 Å². The zero-order valence-electron chi connectivity index (χ0n) is 11.2. The van der Waals surface area contributed by atoms with Gasteiger partial charge in [-0.3, -0.25) is 4.79 Å². The number of ether oxygens (including phenoxy) is 1. The van der Waals surface area contributed by atoms with E-state index >= 15 is 0 Å². The van der Waals surface area contributed by atoms with Crippen LogP contribution in [-0.4, -0.2) is 47.7 Å². The number of aliphatic carboxylic acids is 1. The summed E-state index contributed by atoms with van der Waals surface area (Å²) in [4.78, 5) is 24.2. The number of nitrogens with zero attached hydrogens (tertiary/aromatic N) is 1. The Hall–Kier alpha value is -1.10. The third-order valence-electron chi connectivity index (χ3n) is 3.46. The molecule has 0 aliphatic carbocycles. The average molecular weight is 257 g/mol. The summed E-state index contributed by atoms with van der Waals surface area (Å²) in [6.07, 6.45) is 3.08. The Kier molecular flexibility index (Phi) is 6.12. The molecule has 1 rings (SSSR count). The van der Waals surface area contributed by atoms with Crippen molar-refractivity contribution < 1.29 is 19.4 Å². The van der Waals surface area contributed by atoms with Crippen LogP contribution in [0.5, 0.6) is 0 Å². The number of likely N-dealkylation sites (tertiary alicyclic amines) is 1. The molecule has 104 valence electrons. The number of amides is 1. The highest BCUT2D eigenvalue weighted by Gasteiger charge is 2.24. The number of carbonyl (C=O) groups is 2. The van der Waals surface area contributed by atoms with Crippen molar-refractivity contribution >= 4 is 11.9 Å². The standard InChI is InChI=1S/C13H23NO4/c1-3-10(2)8-12(15)14-6-4-11(5-7-14)18-9-13(16)17/h10-11H,3-9H2,1-2H3,(H,16,17). The topological polar surface area (TPSA) is 66.8 Å². The van der Waals surface area contributed by atoms with Crippen molar-refractivity contribution in [2.75, 3.05) is 19.7 Å². The van der Waals surface area contributed by atoms with Crippen LogP contribution in [-0.2, 0) is 14.3 Å². The maximum absolute atomic E-state index is 11.9. The van der Waals surface area contributed by atoms with E-state index < -0.39 is 5.97 Å². The molecule has 18 heavy (non-hydrogen) atoms. The molecule has 1 unspecified atom stereocenters. The summed E-state index contributed by atoms with van der Waals surface area (Å²) in [5.41, 5.74) is 0. The maximum Gasteiger partial charge on any atom is 0.329 e. The van der Waals surface area contributed by atoms with Crippen molar-refractivity contribution in [3.63, 3.8) is 0 Å². The number of hydrogen-bond acceptors (Lipinski definition) is 3. The summed E-state index contributed by atoms with van der Waals surface area (Å²) < 4.78 is 5.24. The molecule has 0 radical (unpaired) electrons. The van der Waals surface area contributed by atoms with Crippen molar-refractivity contribution in [3.8, 4) is 0 Å². The predicted octanol–water partition coefficient (Wildman–Crippen LogP) is 1.51. The number of rotatable bonds is 6. The first kappa shape index (κ1) is 15.0. The maximum atomic E-state index is 11.9. The summed E-state index contributed by atoms with van der Waals surface area (Å²) in [7, 11) is 0. The molecule has 1 aliphatic rings. The quantitative estimate of drug-likeness (QED) is 0.783. The first-order valence-electron chi connectivity index (χ1n) is 6.64. The molecule has 5 heteroatoms. The second-order valence-electron chi connectivity index (χ2n) is 5.00. The van der Waals surface area contributed by atoms with Gasteiger partial charge in [-0.1, -0.05) is 20.3 Å². The highest BCUT2D eigenvalue weighted by molar-refractivity contribution is 5.76. The van der Waals surface area contributed by atoms with Crippen molar-refractivity contribution in [2.24, 2.45) is 5.92 Å². The molecule has 1 aliphatic heterocycles.